The van der Waals surface area contributed by atoms with Gasteiger partial charge in [-0.1, -0.05) is 186 Å². The average molecular weight is 1150 g/mol. The van der Waals surface area contributed by atoms with Gasteiger partial charge in [0.15, 0.2) is 0 Å². The second-order valence-corrected chi connectivity index (χ2v) is 26.7. The Kier molecular flexibility index (Phi) is 14.2. The number of imidazole rings is 1. The molecule has 0 spiro atoms. The van der Waals surface area contributed by atoms with E-state index in [-0.39, 0.29) is 31.4 Å². The Morgan fingerprint density at radius 2 is 1.29 bits per heavy atom. The number of nitrogens with zero attached hydrogens (tertiary/aromatic N) is 4. The number of benzene rings is 7. The minimum atomic E-state index is -1.65. The molecule has 0 amide bonds. The minimum Gasteiger partial charge on any atom is -0.332 e. The molecule has 11 aromatic rings. The molecule has 1 radical (unpaired) electrons. The Labute approximate surface area is 445 Å². The van der Waals surface area contributed by atoms with Crippen LogP contribution in [-0.2, 0) is 25.5 Å². The zero-order chi connectivity index (χ0) is 50.4. The Morgan fingerprint density at radius 3 is 1.92 bits per heavy atom. The van der Waals surface area contributed by atoms with Crippen LogP contribution in [0, 0.1) is 19.1 Å². The number of para-hydroxylation sites is 2. The minimum absolute atomic E-state index is 0. The fraction of sp³-hybridized carbons (Fsp3) is 0.185. The van der Waals surface area contributed by atoms with Crippen molar-refractivity contribution in [3.63, 3.8) is 0 Å². The summed E-state index contributed by atoms with van der Waals surface area (Å²) < 4.78 is 12.9. The van der Waals surface area contributed by atoms with Crippen molar-refractivity contribution in [2.45, 2.75) is 78.4 Å². The second kappa shape index (κ2) is 20.9. The predicted molar refractivity (Wildman–Crippen MR) is 305 cm³/mol. The molecule has 2 unspecified atom stereocenters. The van der Waals surface area contributed by atoms with Gasteiger partial charge in [-0.25, -0.2) is 4.98 Å². The van der Waals surface area contributed by atoms with E-state index in [0.717, 1.165) is 60.2 Å². The summed E-state index contributed by atoms with van der Waals surface area (Å²) in [4.78, 5) is 16.0. The zero-order valence-electron chi connectivity index (χ0n) is 43.5. The van der Waals surface area contributed by atoms with E-state index in [1.165, 1.54) is 49.3 Å². The maximum atomic E-state index is 9.37. The average Bonchev–Trinajstić information content (AvgIpc) is 3.97. The van der Waals surface area contributed by atoms with E-state index in [9.17, 15) is 1.37 Å². The van der Waals surface area contributed by atoms with Crippen molar-refractivity contribution in [1.29, 1.82) is 0 Å². The van der Waals surface area contributed by atoms with Gasteiger partial charge >= 0.3 is 0 Å². The van der Waals surface area contributed by atoms with Crippen LogP contribution >= 0.6 is 11.3 Å². The molecule has 4 nitrogen and oxygen atoms in total. The molecule has 0 aliphatic carbocycles. The maximum Gasteiger partial charge on any atom is 0.113 e. The topological polar surface area (TPSA) is 43.6 Å². The molecule has 11 rings (SSSR count). The number of rotatable bonds is 9. The summed E-state index contributed by atoms with van der Waals surface area (Å²) in [5.41, 5.74) is 15.2. The van der Waals surface area contributed by atoms with Gasteiger partial charge < -0.3 is 9.55 Å². The van der Waals surface area contributed by atoms with Gasteiger partial charge in [0.05, 0.1) is 30.6 Å². The number of thiophene rings is 1. The molecule has 0 saturated carbocycles. The van der Waals surface area contributed by atoms with Crippen LogP contribution in [-0.4, -0.2) is 27.6 Å². The molecule has 7 heteroatoms. The molecule has 7 aromatic carbocycles. The molecule has 0 bridgehead atoms. The van der Waals surface area contributed by atoms with E-state index in [2.05, 4.69) is 210 Å². The van der Waals surface area contributed by atoms with Crippen LogP contribution in [0.1, 0.15) is 70.2 Å². The summed E-state index contributed by atoms with van der Waals surface area (Å²) in [6, 6.07) is 70.5. The van der Waals surface area contributed by atoms with Crippen LogP contribution in [0.3, 0.4) is 0 Å². The molecule has 0 N–H and O–H groups in total. The largest absolute Gasteiger partial charge is 0.332 e. The standard InChI is InChI=1S/C41H32N3S.C24H28NSi.Ir/c1-26-22-23-31-30-18-13-19-32(38(30)45-40(31)42-26)39-43-35-20-11-12-21-36(35)44(39)37-33(27-14-7-5-8-15-27)24-29(41(2,3)4)25-34(37)28-16-9-6-10-17-28;1-18(20-12-8-6-9-13-20)19(2)22-16-23(21-14-10-7-11-15-21)25-17-24(22)26(3,4)5;/h5-18,20-25H,1-4H3;6-14,16-19H,1-5H3;/q2*-1;/i;19D;. The van der Waals surface area contributed by atoms with E-state index < -0.39 is 14.0 Å². The van der Waals surface area contributed by atoms with Crippen molar-refractivity contribution in [2.24, 2.45) is 0 Å². The monoisotopic (exact) mass is 1150 g/mol. The van der Waals surface area contributed by atoms with E-state index in [0.29, 0.717) is 0 Å². The van der Waals surface area contributed by atoms with Crippen molar-refractivity contribution in [3.05, 3.63) is 223 Å². The summed E-state index contributed by atoms with van der Waals surface area (Å²) >= 11 is 1.72. The molecule has 0 aliphatic rings. The third kappa shape index (κ3) is 10.1. The number of pyridine rings is 2. The Bertz CT molecular complexity index is 3650. The van der Waals surface area contributed by atoms with Crippen molar-refractivity contribution in [2.75, 3.05) is 0 Å². The molecule has 2 atom stereocenters. The summed E-state index contributed by atoms with van der Waals surface area (Å²) in [6.07, 6.45) is 2.02. The first-order valence-electron chi connectivity index (χ1n) is 25.1. The van der Waals surface area contributed by atoms with Gasteiger partial charge in [0.25, 0.3) is 0 Å². The van der Waals surface area contributed by atoms with Crippen LogP contribution in [0.5, 0.6) is 0 Å². The van der Waals surface area contributed by atoms with Gasteiger partial charge in [0.1, 0.15) is 4.83 Å². The Hall–Kier alpha value is -6.60. The van der Waals surface area contributed by atoms with Crippen LogP contribution in [0.25, 0.3) is 81.9 Å². The summed E-state index contributed by atoms with van der Waals surface area (Å²) in [5, 5.41) is 3.62. The summed E-state index contributed by atoms with van der Waals surface area (Å²) in [5.74, 6) is 0.204. The number of fused-ring (bicyclic) bond motifs is 4. The van der Waals surface area contributed by atoms with Crippen molar-refractivity contribution in [1.82, 2.24) is 19.5 Å². The molecule has 0 aliphatic heterocycles. The van der Waals surface area contributed by atoms with Crippen molar-refractivity contribution in [3.8, 4) is 50.6 Å². The molecule has 4 heterocycles. The number of hydrogen-bond acceptors (Lipinski definition) is 4. The number of aryl methyl sites for hydroxylation is 1. The van der Waals surface area contributed by atoms with Crippen molar-refractivity contribution < 1.29 is 21.5 Å². The molecular formula is C65H60IrN4SSi-2. The smallest absolute Gasteiger partial charge is 0.113 e. The molecular weight excluding hydrogens is 1090 g/mol. The van der Waals surface area contributed by atoms with E-state index in [1.54, 1.807) is 11.3 Å². The first kappa shape index (κ1) is 49.0. The van der Waals surface area contributed by atoms with Crippen LogP contribution in [0.15, 0.2) is 188 Å². The first-order chi connectivity index (χ1) is 34.6. The van der Waals surface area contributed by atoms with E-state index in [1.807, 2.05) is 56.4 Å². The van der Waals surface area contributed by atoms with E-state index in [4.69, 9.17) is 15.0 Å². The molecule has 72 heavy (non-hydrogen) atoms. The third-order valence-electron chi connectivity index (χ3n) is 13.7. The normalized spacial score (nSPS) is 13.2. The predicted octanol–water partition coefficient (Wildman–Crippen LogP) is 17.2. The Balaban J connectivity index is 0.000000201. The molecule has 0 saturated heterocycles. The SMILES string of the molecule is Cc1ccc2c(n1)sc1c(-c3nc4ccccc4n3-c3c(-c4ccccc4)cc(C(C)(C)C)cc3-c3ccccc3)[c-]ccc12.[2H]C(C)(c1cc(-c2[c-]cccc2)ncc1[Si](C)(C)C)C(C)c1ccccc1.[Ir]. The zero-order valence-corrected chi connectivity index (χ0v) is 46.7. The van der Waals surface area contributed by atoms with Gasteiger partial charge in [-0.3, -0.25) is 4.98 Å². The number of hydrogen-bond donors (Lipinski definition) is 0. The third-order valence-corrected chi connectivity index (χ3v) is 16.8. The fourth-order valence-electron chi connectivity index (χ4n) is 9.59. The Morgan fingerprint density at radius 1 is 0.667 bits per heavy atom. The molecule has 0 fully saturated rings. The maximum absolute atomic E-state index is 9.37. The van der Waals surface area contributed by atoms with Gasteiger partial charge in [0, 0.05) is 44.5 Å². The van der Waals surface area contributed by atoms with Crippen LogP contribution < -0.4 is 5.19 Å². The van der Waals surface area contributed by atoms with Gasteiger partial charge in [-0.15, -0.1) is 54.1 Å². The fourth-order valence-corrected chi connectivity index (χ4v) is 12.3. The first-order valence-corrected chi connectivity index (χ1v) is 28.9. The van der Waals surface area contributed by atoms with Crippen molar-refractivity contribution >= 4 is 55.9 Å². The quantitative estimate of drug-likeness (QED) is 0.107. The second-order valence-electron chi connectivity index (χ2n) is 20.6. The van der Waals surface area contributed by atoms with Gasteiger partial charge in [-0.05, 0) is 97.7 Å². The van der Waals surface area contributed by atoms with E-state index >= 15 is 0 Å². The van der Waals surface area contributed by atoms with Gasteiger partial charge in [-0.2, -0.15) is 11.3 Å². The van der Waals surface area contributed by atoms with Crippen LogP contribution in [0.2, 0.25) is 19.6 Å². The van der Waals surface area contributed by atoms with Gasteiger partial charge in [0.2, 0.25) is 0 Å². The summed E-state index contributed by atoms with van der Waals surface area (Å²) in [7, 11) is -1.65. The molecule has 4 aromatic heterocycles. The van der Waals surface area contributed by atoms with Crippen LogP contribution in [0.4, 0.5) is 0 Å². The molecule has 361 valence electrons. The summed E-state index contributed by atoms with van der Waals surface area (Å²) in [6.45, 7) is 20.1. The number of aromatic nitrogens is 4.